The second-order valence-corrected chi connectivity index (χ2v) is 10.7. The van der Waals surface area contributed by atoms with Crippen molar-refractivity contribution in [3.05, 3.63) is 78.6 Å². The lowest BCUT2D eigenvalue weighted by Gasteiger charge is -2.23. The van der Waals surface area contributed by atoms with E-state index >= 15 is 0 Å². The molecule has 9 heteroatoms. The molecule has 1 atom stereocenters. The minimum Gasteiger partial charge on any atom is -0.324 e. The van der Waals surface area contributed by atoms with Gasteiger partial charge in [0.1, 0.15) is 16.9 Å². The lowest BCUT2D eigenvalue weighted by atomic mass is 10.1. The molecule has 6 nitrogen and oxygen atoms in total. The standard InChI is InChI=1S/C24H20FN3O3S2/c25-16-11-13-17(14-12-16)33(30,31)28-15-5-9-21(28)23(29)26-19-7-2-1-6-18(19)24-27-20-8-3-4-10-22(20)32-24/h1-4,6-8,10-14,21H,5,9,15H2,(H,26,29). The summed E-state index contributed by atoms with van der Waals surface area (Å²) in [5, 5.41) is 3.69. The van der Waals surface area contributed by atoms with Gasteiger partial charge in [-0.15, -0.1) is 11.3 Å². The highest BCUT2D eigenvalue weighted by Gasteiger charge is 2.39. The monoisotopic (exact) mass is 481 g/mol. The number of thiazole rings is 1. The maximum absolute atomic E-state index is 13.3. The quantitative estimate of drug-likeness (QED) is 0.440. The Kier molecular flexibility index (Phi) is 5.69. The summed E-state index contributed by atoms with van der Waals surface area (Å²) >= 11 is 1.53. The van der Waals surface area contributed by atoms with E-state index in [2.05, 4.69) is 10.3 Å². The topological polar surface area (TPSA) is 79.4 Å². The molecular formula is C24H20FN3O3S2. The van der Waals surface area contributed by atoms with Crippen LogP contribution in [-0.2, 0) is 14.8 Å². The number of halogens is 1. The maximum Gasteiger partial charge on any atom is 0.243 e. The van der Waals surface area contributed by atoms with Gasteiger partial charge in [-0.05, 0) is 61.4 Å². The van der Waals surface area contributed by atoms with E-state index in [0.717, 1.165) is 32.9 Å². The summed E-state index contributed by atoms with van der Waals surface area (Å²) in [6.07, 6.45) is 0.980. The number of carbonyl (C=O) groups excluding carboxylic acids is 1. The number of anilines is 1. The zero-order valence-corrected chi connectivity index (χ0v) is 19.1. The third-order valence-electron chi connectivity index (χ3n) is 5.64. The Morgan fingerprint density at radius 1 is 1.03 bits per heavy atom. The average Bonchev–Trinajstić information content (AvgIpc) is 3.47. The molecule has 1 aromatic heterocycles. The van der Waals surface area contributed by atoms with E-state index in [9.17, 15) is 17.6 Å². The van der Waals surface area contributed by atoms with Gasteiger partial charge >= 0.3 is 0 Å². The van der Waals surface area contributed by atoms with Gasteiger partial charge in [-0.2, -0.15) is 4.31 Å². The predicted octanol–water partition coefficient (Wildman–Crippen LogP) is 4.89. The van der Waals surface area contributed by atoms with Crippen LogP contribution in [0.2, 0.25) is 0 Å². The van der Waals surface area contributed by atoms with Gasteiger partial charge in [0.05, 0.1) is 20.8 Å². The minimum atomic E-state index is -3.93. The lowest BCUT2D eigenvalue weighted by Crippen LogP contribution is -2.43. The number of amides is 1. The Morgan fingerprint density at radius 2 is 1.76 bits per heavy atom. The highest BCUT2D eigenvalue weighted by Crippen LogP contribution is 2.35. The highest BCUT2D eigenvalue weighted by molar-refractivity contribution is 7.89. The van der Waals surface area contributed by atoms with E-state index in [0.29, 0.717) is 18.5 Å². The zero-order valence-electron chi connectivity index (χ0n) is 17.4. The molecule has 1 amide bonds. The van der Waals surface area contributed by atoms with Crippen molar-refractivity contribution in [3.63, 3.8) is 0 Å². The van der Waals surface area contributed by atoms with Gasteiger partial charge in [-0.1, -0.05) is 24.3 Å². The molecule has 1 saturated heterocycles. The van der Waals surface area contributed by atoms with Crippen LogP contribution in [0, 0.1) is 5.82 Å². The molecule has 2 heterocycles. The molecule has 1 unspecified atom stereocenters. The fourth-order valence-electron chi connectivity index (χ4n) is 4.01. The number of para-hydroxylation sites is 2. The zero-order chi connectivity index (χ0) is 23.0. The molecule has 0 radical (unpaired) electrons. The molecule has 1 N–H and O–H groups in total. The van der Waals surface area contributed by atoms with E-state index < -0.39 is 27.8 Å². The van der Waals surface area contributed by atoms with Gasteiger partial charge in [0, 0.05) is 12.1 Å². The van der Waals surface area contributed by atoms with Crippen LogP contribution in [0.1, 0.15) is 12.8 Å². The van der Waals surface area contributed by atoms with E-state index in [4.69, 9.17) is 0 Å². The summed E-state index contributed by atoms with van der Waals surface area (Å²) < 4.78 is 41.7. The smallest absolute Gasteiger partial charge is 0.243 e. The molecule has 3 aromatic carbocycles. The Bertz CT molecular complexity index is 1400. The molecule has 0 bridgehead atoms. The van der Waals surface area contributed by atoms with E-state index in [1.807, 2.05) is 42.5 Å². The first-order valence-corrected chi connectivity index (χ1v) is 12.7. The number of benzene rings is 3. The van der Waals surface area contributed by atoms with Gasteiger partial charge in [-0.3, -0.25) is 4.79 Å². The Hall–Kier alpha value is -3.14. The number of sulfonamides is 1. The number of carbonyl (C=O) groups is 1. The number of nitrogens with zero attached hydrogens (tertiary/aromatic N) is 2. The number of fused-ring (bicyclic) bond motifs is 1. The van der Waals surface area contributed by atoms with Crippen LogP contribution >= 0.6 is 11.3 Å². The molecule has 33 heavy (non-hydrogen) atoms. The van der Waals surface area contributed by atoms with Gasteiger partial charge in [0.25, 0.3) is 0 Å². The number of hydrogen-bond acceptors (Lipinski definition) is 5. The van der Waals surface area contributed by atoms with Crippen molar-refractivity contribution < 1.29 is 17.6 Å². The summed E-state index contributed by atoms with van der Waals surface area (Å²) in [6, 6.07) is 19.0. The molecule has 168 valence electrons. The third-order valence-corrected chi connectivity index (χ3v) is 8.63. The normalized spacial score (nSPS) is 16.8. The van der Waals surface area contributed by atoms with Crippen LogP contribution in [0.5, 0.6) is 0 Å². The van der Waals surface area contributed by atoms with Crippen molar-refractivity contribution >= 4 is 43.2 Å². The van der Waals surface area contributed by atoms with Crippen LogP contribution in [0.3, 0.4) is 0 Å². The first kappa shape index (κ1) is 21.7. The summed E-state index contributed by atoms with van der Waals surface area (Å²) in [6.45, 7) is 0.233. The number of hydrogen-bond donors (Lipinski definition) is 1. The summed E-state index contributed by atoms with van der Waals surface area (Å²) in [5.74, 6) is -0.914. The molecular weight excluding hydrogens is 461 g/mol. The Balaban J connectivity index is 1.42. The number of nitrogens with one attached hydrogen (secondary N) is 1. The van der Waals surface area contributed by atoms with Crippen molar-refractivity contribution in [3.8, 4) is 10.6 Å². The van der Waals surface area contributed by atoms with Gasteiger partial charge in [0.2, 0.25) is 15.9 Å². The molecule has 1 aliphatic rings. The molecule has 1 fully saturated rings. The van der Waals surface area contributed by atoms with Crippen LogP contribution in [0.25, 0.3) is 20.8 Å². The fraction of sp³-hybridized carbons (Fsp3) is 0.167. The fourth-order valence-corrected chi connectivity index (χ4v) is 6.68. The predicted molar refractivity (Wildman–Crippen MR) is 127 cm³/mol. The van der Waals surface area contributed by atoms with Crippen molar-refractivity contribution in [2.45, 2.75) is 23.8 Å². The highest BCUT2D eigenvalue weighted by atomic mass is 32.2. The average molecular weight is 482 g/mol. The van der Waals surface area contributed by atoms with E-state index in [-0.39, 0.29) is 11.4 Å². The molecule has 1 aliphatic heterocycles. The van der Waals surface area contributed by atoms with Gasteiger partial charge < -0.3 is 5.32 Å². The maximum atomic E-state index is 13.3. The molecule has 5 rings (SSSR count). The van der Waals surface area contributed by atoms with E-state index in [1.54, 1.807) is 6.07 Å². The molecule has 4 aromatic rings. The number of rotatable bonds is 5. The van der Waals surface area contributed by atoms with Crippen molar-refractivity contribution in [1.29, 1.82) is 0 Å². The second-order valence-electron chi connectivity index (χ2n) is 7.75. The summed E-state index contributed by atoms with van der Waals surface area (Å²) in [5.41, 5.74) is 2.23. The first-order valence-electron chi connectivity index (χ1n) is 10.5. The van der Waals surface area contributed by atoms with Gasteiger partial charge in [0.15, 0.2) is 0 Å². The van der Waals surface area contributed by atoms with Gasteiger partial charge in [-0.25, -0.2) is 17.8 Å². The SMILES string of the molecule is O=C(Nc1ccccc1-c1nc2ccccc2s1)C1CCCN1S(=O)(=O)c1ccc(F)cc1. The first-order chi connectivity index (χ1) is 15.9. The van der Waals surface area contributed by atoms with Crippen LogP contribution in [0.15, 0.2) is 77.7 Å². The largest absolute Gasteiger partial charge is 0.324 e. The molecule has 0 saturated carbocycles. The van der Waals surface area contributed by atoms with E-state index in [1.165, 1.54) is 27.8 Å². The lowest BCUT2D eigenvalue weighted by molar-refractivity contribution is -0.119. The minimum absolute atomic E-state index is 0.0292. The summed E-state index contributed by atoms with van der Waals surface area (Å²) in [4.78, 5) is 17.9. The Labute approximate surface area is 194 Å². The van der Waals surface area contributed by atoms with Crippen molar-refractivity contribution in [2.75, 3.05) is 11.9 Å². The molecule has 0 aliphatic carbocycles. The number of aromatic nitrogens is 1. The van der Waals surface area contributed by atoms with Crippen molar-refractivity contribution in [1.82, 2.24) is 9.29 Å². The van der Waals surface area contributed by atoms with Crippen LogP contribution in [0.4, 0.5) is 10.1 Å². The van der Waals surface area contributed by atoms with Crippen LogP contribution in [-0.4, -0.2) is 36.2 Å². The Morgan fingerprint density at radius 3 is 2.55 bits per heavy atom. The third kappa shape index (κ3) is 4.15. The van der Waals surface area contributed by atoms with Crippen molar-refractivity contribution in [2.24, 2.45) is 0 Å². The second kappa shape index (κ2) is 8.66. The summed E-state index contributed by atoms with van der Waals surface area (Å²) in [7, 11) is -3.93. The van der Waals surface area contributed by atoms with Crippen LogP contribution < -0.4 is 5.32 Å². The molecule has 0 spiro atoms.